The first-order valence-electron chi connectivity index (χ1n) is 13.5. The summed E-state index contributed by atoms with van der Waals surface area (Å²) in [7, 11) is 0. The second kappa shape index (κ2) is 8.55. The highest BCUT2D eigenvalue weighted by Crippen LogP contribution is 2.69. The number of halogens is 2. The van der Waals surface area contributed by atoms with Crippen LogP contribution in [0.4, 0.5) is 8.78 Å². The third-order valence-electron chi connectivity index (χ3n) is 11.4. The number of alkyl halides is 2. The van der Waals surface area contributed by atoms with Crippen molar-refractivity contribution in [2.75, 3.05) is 0 Å². The first kappa shape index (κ1) is 24.0. The summed E-state index contributed by atoms with van der Waals surface area (Å²) in [5.41, 5.74) is -1.09. The van der Waals surface area contributed by atoms with Crippen molar-refractivity contribution in [2.24, 2.45) is 52.3 Å². The summed E-state index contributed by atoms with van der Waals surface area (Å²) in [4.78, 5) is 0. The predicted molar refractivity (Wildman–Crippen MR) is 124 cm³/mol. The van der Waals surface area contributed by atoms with Crippen molar-refractivity contribution < 1.29 is 13.9 Å². The third-order valence-corrected chi connectivity index (χ3v) is 11.4. The molecule has 0 spiro atoms. The van der Waals surface area contributed by atoms with Crippen molar-refractivity contribution in [3.63, 3.8) is 0 Å². The van der Waals surface area contributed by atoms with E-state index in [0.717, 1.165) is 42.4 Å². The van der Waals surface area contributed by atoms with E-state index < -0.39 is 12.0 Å². The van der Waals surface area contributed by atoms with Gasteiger partial charge in [0.25, 0.3) is 6.43 Å². The average Bonchev–Trinajstić information content (AvgIpc) is 3.05. The molecule has 4 fully saturated rings. The van der Waals surface area contributed by atoms with Crippen LogP contribution >= 0.6 is 0 Å². The Hall–Kier alpha value is -0.180. The second-order valence-corrected chi connectivity index (χ2v) is 13.3. The lowest BCUT2D eigenvalue weighted by atomic mass is 9.43. The lowest BCUT2D eigenvalue weighted by Crippen LogP contribution is -2.57. The minimum Gasteiger partial charge on any atom is -0.384 e. The molecule has 0 aromatic rings. The van der Waals surface area contributed by atoms with Crippen molar-refractivity contribution in [2.45, 2.75) is 124 Å². The maximum Gasteiger partial charge on any atom is 0.266 e. The van der Waals surface area contributed by atoms with Gasteiger partial charge < -0.3 is 5.11 Å². The first-order chi connectivity index (χ1) is 14.5. The summed E-state index contributed by atoms with van der Waals surface area (Å²) in [6, 6.07) is 0. The van der Waals surface area contributed by atoms with Crippen LogP contribution in [0.5, 0.6) is 0 Å². The molecule has 180 valence electrons. The Balaban J connectivity index is 1.46. The predicted octanol–water partition coefficient (Wildman–Crippen LogP) is 8.10. The van der Waals surface area contributed by atoms with Crippen LogP contribution in [0.25, 0.3) is 0 Å². The van der Waals surface area contributed by atoms with Crippen molar-refractivity contribution in [3.8, 4) is 0 Å². The fourth-order valence-electron chi connectivity index (χ4n) is 9.50. The second-order valence-electron chi connectivity index (χ2n) is 13.3. The molecule has 0 heterocycles. The van der Waals surface area contributed by atoms with E-state index in [9.17, 15) is 13.9 Å². The minimum absolute atomic E-state index is 0.159. The fraction of sp³-hybridized carbons (Fsp3) is 1.00. The summed E-state index contributed by atoms with van der Waals surface area (Å²) >= 11 is 0. The molecule has 1 N–H and O–H groups in total. The molecule has 0 bridgehead atoms. The minimum atomic E-state index is -2.60. The van der Waals surface area contributed by atoms with Gasteiger partial charge in [-0.15, -0.1) is 0 Å². The molecule has 0 radical (unpaired) electrons. The van der Waals surface area contributed by atoms with Gasteiger partial charge >= 0.3 is 0 Å². The first-order valence-corrected chi connectivity index (χ1v) is 13.5. The van der Waals surface area contributed by atoms with Crippen molar-refractivity contribution in [1.29, 1.82) is 0 Å². The van der Waals surface area contributed by atoms with E-state index >= 15 is 0 Å². The topological polar surface area (TPSA) is 20.2 Å². The number of fused-ring (bicyclic) bond motifs is 5. The molecule has 1 nitrogen and oxygen atoms in total. The Bertz CT molecular complexity index is 635. The monoisotopic (exact) mass is 438 g/mol. The molecule has 4 saturated carbocycles. The number of hydrogen-bond acceptors (Lipinski definition) is 1. The number of aliphatic hydroxyl groups is 1. The molecule has 0 amide bonds. The van der Waals surface area contributed by atoms with Crippen LogP contribution < -0.4 is 0 Å². The molecule has 0 aromatic heterocycles. The quantitative estimate of drug-likeness (QED) is 0.444. The van der Waals surface area contributed by atoms with E-state index in [-0.39, 0.29) is 11.3 Å². The van der Waals surface area contributed by atoms with E-state index in [1.807, 2.05) is 0 Å². The summed E-state index contributed by atoms with van der Waals surface area (Å²) in [5, 5.41) is 10.5. The van der Waals surface area contributed by atoms with Gasteiger partial charge in [-0.25, -0.2) is 8.78 Å². The lowest BCUT2D eigenvalue weighted by molar-refractivity contribution is -0.187. The maximum absolute atomic E-state index is 13.5. The Morgan fingerprint density at radius 2 is 1.55 bits per heavy atom. The molecular formula is C28H48F2O. The van der Waals surface area contributed by atoms with Crippen LogP contribution in [-0.4, -0.2) is 17.1 Å². The van der Waals surface area contributed by atoms with Gasteiger partial charge in [-0.3, -0.25) is 0 Å². The summed E-state index contributed by atoms with van der Waals surface area (Å²) < 4.78 is 27.1. The van der Waals surface area contributed by atoms with E-state index in [1.165, 1.54) is 51.4 Å². The molecule has 0 unspecified atom stereocenters. The van der Waals surface area contributed by atoms with E-state index in [0.29, 0.717) is 24.2 Å². The highest BCUT2D eigenvalue weighted by molar-refractivity contribution is 5.11. The number of rotatable bonds is 6. The molecular weight excluding hydrogens is 390 g/mol. The molecule has 4 rings (SSSR count). The van der Waals surface area contributed by atoms with Gasteiger partial charge in [0.2, 0.25) is 0 Å². The van der Waals surface area contributed by atoms with Gasteiger partial charge in [0.15, 0.2) is 0 Å². The smallest absolute Gasteiger partial charge is 0.266 e. The normalized spacial score (nSPS) is 48.4. The summed E-state index contributed by atoms with van der Waals surface area (Å²) in [5.74, 6) is 5.07. The fourth-order valence-corrected chi connectivity index (χ4v) is 9.50. The average molecular weight is 439 g/mol. The van der Waals surface area contributed by atoms with Crippen LogP contribution in [-0.2, 0) is 0 Å². The molecule has 3 heteroatoms. The zero-order chi connectivity index (χ0) is 22.6. The van der Waals surface area contributed by atoms with Gasteiger partial charge in [0, 0.05) is 0 Å². The Morgan fingerprint density at radius 1 is 0.839 bits per heavy atom. The van der Waals surface area contributed by atoms with Gasteiger partial charge in [-0.1, -0.05) is 53.9 Å². The standard InChI is InChI=1S/C28H48F2O/c1-18(2)7-6-8-19(3)22-11-12-23-21-10-9-20-17-28(31,25(29)30)16-15-26(20,4)24(21)13-14-27(22,23)5/h18-25,31H,6-17H2,1-5H3/t19-,20+,21+,22-,23+,24+,26+,27-,28+/m1/s1. The third kappa shape index (κ3) is 4.01. The Labute approximate surface area is 190 Å². The zero-order valence-electron chi connectivity index (χ0n) is 20.8. The molecule has 0 aromatic carbocycles. The largest absolute Gasteiger partial charge is 0.384 e. The Kier molecular flexibility index (Phi) is 6.61. The SMILES string of the molecule is CC(C)CCC[C@@H](C)[C@H]1CC[C@H]2[C@@H]3CC[C@H]4C[C@](O)(C(F)F)CC[C@]4(C)[C@H]3CC[C@]12C. The molecule has 0 saturated heterocycles. The van der Waals surface area contributed by atoms with Gasteiger partial charge in [0.1, 0.15) is 5.60 Å². The highest BCUT2D eigenvalue weighted by Gasteiger charge is 2.62. The van der Waals surface area contributed by atoms with Crippen LogP contribution in [0.1, 0.15) is 112 Å². The molecule has 31 heavy (non-hydrogen) atoms. The summed E-state index contributed by atoms with van der Waals surface area (Å²) in [6.45, 7) is 12.2. The van der Waals surface area contributed by atoms with E-state index in [4.69, 9.17) is 0 Å². The molecule has 4 aliphatic rings. The summed E-state index contributed by atoms with van der Waals surface area (Å²) in [6.07, 6.45) is 10.6. The van der Waals surface area contributed by atoms with Crippen LogP contribution in [0.3, 0.4) is 0 Å². The van der Waals surface area contributed by atoms with E-state index in [2.05, 4.69) is 34.6 Å². The molecule has 0 aliphatic heterocycles. The van der Waals surface area contributed by atoms with Crippen molar-refractivity contribution in [1.82, 2.24) is 0 Å². The van der Waals surface area contributed by atoms with Crippen LogP contribution in [0, 0.1) is 52.3 Å². The molecule has 9 atom stereocenters. The van der Waals surface area contributed by atoms with Crippen molar-refractivity contribution in [3.05, 3.63) is 0 Å². The Morgan fingerprint density at radius 3 is 2.23 bits per heavy atom. The lowest BCUT2D eigenvalue weighted by Gasteiger charge is -2.62. The maximum atomic E-state index is 13.5. The van der Waals surface area contributed by atoms with Crippen LogP contribution in [0.2, 0.25) is 0 Å². The van der Waals surface area contributed by atoms with Crippen molar-refractivity contribution >= 4 is 0 Å². The van der Waals surface area contributed by atoms with Crippen LogP contribution in [0.15, 0.2) is 0 Å². The van der Waals surface area contributed by atoms with E-state index in [1.54, 1.807) is 0 Å². The van der Waals surface area contributed by atoms with Gasteiger partial charge in [-0.05, 0) is 110 Å². The van der Waals surface area contributed by atoms with Gasteiger partial charge in [-0.2, -0.15) is 0 Å². The van der Waals surface area contributed by atoms with Gasteiger partial charge in [0.05, 0.1) is 0 Å². The molecule has 4 aliphatic carbocycles. The number of hydrogen-bond donors (Lipinski definition) is 1. The highest BCUT2D eigenvalue weighted by atomic mass is 19.3. The zero-order valence-corrected chi connectivity index (χ0v) is 20.8.